The summed E-state index contributed by atoms with van der Waals surface area (Å²) < 4.78 is 14.0. The average Bonchev–Trinajstić information content (AvgIpc) is 2.29. The van der Waals surface area contributed by atoms with Gasteiger partial charge in [0, 0.05) is 13.6 Å². The Morgan fingerprint density at radius 2 is 2.18 bits per heavy atom. The zero-order valence-electron chi connectivity index (χ0n) is 9.83. The summed E-state index contributed by atoms with van der Waals surface area (Å²) in [5.41, 5.74) is 0.352. The fourth-order valence-electron chi connectivity index (χ4n) is 1.51. The number of benzene rings is 1. The first kappa shape index (κ1) is 14.0. The van der Waals surface area contributed by atoms with Gasteiger partial charge in [0.15, 0.2) is 5.82 Å². The van der Waals surface area contributed by atoms with Crippen LogP contribution in [0.4, 0.5) is 10.1 Å². The largest absolute Gasteiger partial charge is 0.478 e. The van der Waals surface area contributed by atoms with Crippen LogP contribution in [0.1, 0.15) is 30.1 Å². The molecule has 0 saturated carbocycles. The van der Waals surface area contributed by atoms with Crippen LogP contribution in [-0.4, -0.2) is 24.7 Å². The van der Waals surface area contributed by atoms with E-state index in [4.69, 9.17) is 5.11 Å². The van der Waals surface area contributed by atoms with Crippen molar-refractivity contribution < 1.29 is 14.3 Å². The number of halogens is 2. The van der Waals surface area contributed by atoms with Crippen molar-refractivity contribution in [3.05, 3.63) is 28.0 Å². The van der Waals surface area contributed by atoms with Crippen molar-refractivity contribution in [1.82, 2.24) is 0 Å². The summed E-state index contributed by atoms with van der Waals surface area (Å²) in [6.07, 6.45) is 1.99. The van der Waals surface area contributed by atoms with E-state index in [9.17, 15) is 9.18 Å². The second-order valence-corrected chi connectivity index (χ2v) is 4.63. The molecule has 0 heterocycles. The average molecular weight is 304 g/mol. The third-order valence-corrected chi connectivity index (χ3v) is 3.33. The molecule has 5 heteroatoms. The highest BCUT2D eigenvalue weighted by Crippen LogP contribution is 2.29. The van der Waals surface area contributed by atoms with Crippen LogP contribution < -0.4 is 4.90 Å². The maximum atomic E-state index is 13.9. The van der Waals surface area contributed by atoms with E-state index >= 15 is 0 Å². The Morgan fingerprint density at radius 3 is 2.71 bits per heavy atom. The van der Waals surface area contributed by atoms with Crippen LogP contribution in [0.2, 0.25) is 0 Å². The predicted molar refractivity (Wildman–Crippen MR) is 69.2 cm³/mol. The van der Waals surface area contributed by atoms with E-state index in [2.05, 4.69) is 22.9 Å². The molecule has 0 amide bonds. The van der Waals surface area contributed by atoms with Gasteiger partial charge in [-0.25, -0.2) is 9.18 Å². The lowest BCUT2D eigenvalue weighted by molar-refractivity contribution is 0.0695. The SMILES string of the molecule is CCCCN(C)c1ccc(C(=O)O)c(Br)c1F. The van der Waals surface area contributed by atoms with Gasteiger partial charge in [-0.05, 0) is 34.5 Å². The van der Waals surface area contributed by atoms with Gasteiger partial charge in [0.25, 0.3) is 0 Å². The van der Waals surface area contributed by atoms with Gasteiger partial charge in [0.2, 0.25) is 0 Å². The van der Waals surface area contributed by atoms with Gasteiger partial charge in [0.1, 0.15) is 0 Å². The Balaban J connectivity index is 3.03. The van der Waals surface area contributed by atoms with E-state index < -0.39 is 11.8 Å². The Morgan fingerprint density at radius 1 is 1.53 bits per heavy atom. The topological polar surface area (TPSA) is 40.5 Å². The van der Waals surface area contributed by atoms with E-state index in [-0.39, 0.29) is 10.0 Å². The van der Waals surface area contributed by atoms with E-state index in [0.29, 0.717) is 5.69 Å². The molecular formula is C12H15BrFNO2. The third kappa shape index (κ3) is 3.19. The van der Waals surface area contributed by atoms with Crippen molar-refractivity contribution in [2.24, 2.45) is 0 Å². The zero-order chi connectivity index (χ0) is 13.0. The Bertz CT molecular complexity index is 423. The molecule has 0 aliphatic heterocycles. The van der Waals surface area contributed by atoms with Gasteiger partial charge in [-0.2, -0.15) is 0 Å². The van der Waals surface area contributed by atoms with Crippen molar-refractivity contribution >= 4 is 27.6 Å². The molecule has 1 aromatic rings. The summed E-state index contributed by atoms with van der Waals surface area (Å²) in [7, 11) is 1.79. The van der Waals surface area contributed by atoms with Crippen LogP contribution in [0.15, 0.2) is 16.6 Å². The van der Waals surface area contributed by atoms with Gasteiger partial charge >= 0.3 is 5.97 Å². The van der Waals surface area contributed by atoms with E-state index in [0.717, 1.165) is 19.4 Å². The Hall–Kier alpha value is -1.10. The Kier molecular flexibility index (Phi) is 4.93. The summed E-state index contributed by atoms with van der Waals surface area (Å²) in [5.74, 6) is -1.66. The van der Waals surface area contributed by atoms with Crippen LogP contribution >= 0.6 is 15.9 Å². The number of carboxylic acid groups (broad SMARTS) is 1. The fraction of sp³-hybridized carbons (Fsp3) is 0.417. The molecule has 1 N–H and O–H groups in total. The van der Waals surface area contributed by atoms with Gasteiger partial charge in [-0.3, -0.25) is 0 Å². The van der Waals surface area contributed by atoms with Crippen molar-refractivity contribution in [3.8, 4) is 0 Å². The second-order valence-electron chi connectivity index (χ2n) is 3.84. The minimum atomic E-state index is -1.14. The lowest BCUT2D eigenvalue weighted by atomic mass is 10.2. The highest BCUT2D eigenvalue weighted by molar-refractivity contribution is 9.10. The first-order valence-electron chi connectivity index (χ1n) is 5.41. The lowest BCUT2D eigenvalue weighted by Crippen LogP contribution is -2.20. The first-order chi connectivity index (χ1) is 7.99. The quantitative estimate of drug-likeness (QED) is 0.905. The van der Waals surface area contributed by atoms with Gasteiger partial charge < -0.3 is 10.0 Å². The minimum absolute atomic E-state index is 0.00542. The number of anilines is 1. The summed E-state index contributed by atoms with van der Waals surface area (Å²) in [6, 6.07) is 2.91. The molecule has 0 saturated heterocycles. The highest BCUT2D eigenvalue weighted by Gasteiger charge is 2.17. The number of hydrogen-bond acceptors (Lipinski definition) is 2. The van der Waals surface area contributed by atoms with Crippen molar-refractivity contribution in [3.63, 3.8) is 0 Å². The smallest absolute Gasteiger partial charge is 0.336 e. The summed E-state index contributed by atoms with van der Waals surface area (Å²) in [5, 5.41) is 8.85. The van der Waals surface area contributed by atoms with Crippen LogP contribution in [0.5, 0.6) is 0 Å². The number of unbranched alkanes of at least 4 members (excludes halogenated alkanes) is 1. The molecule has 0 unspecified atom stereocenters. The van der Waals surface area contributed by atoms with Gasteiger partial charge in [-0.1, -0.05) is 13.3 Å². The molecule has 1 rings (SSSR count). The van der Waals surface area contributed by atoms with Crippen LogP contribution in [0, 0.1) is 5.82 Å². The molecular weight excluding hydrogens is 289 g/mol. The van der Waals surface area contributed by atoms with Gasteiger partial charge in [0.05, 0.1) is 15.7 Å². The summed E-state index contributed by atoms with van der Waals surface area (Å²) >= 11 is 2.99. The van der Waals surface area contributed by atoms with Crippen LogP contribution in [-0.2, 0) is 0 Å². The first-order valence-corrected chi connectivity index (χ1v) is 6.20. The molecule has 0 radical (unpaired) electrons. The molecule has 3 nitrogen and oxygen atoms in total. The molecule has 0 atom stereocenters. The molecule has 0 spiro atoms. The third-order valence-electron chi connectivity index (χ3n) is 2.55. The molecule has 94 valence electrons. The number of aromatic carboxylic acids is 1. The molecule has 0 aliphatic rings. The molecule has 17 heavy (non-hydrogen) atoms. The van der Waals surface area contributed by atoms with Crippen LogP contribution in [0.3, 0.4) is 0 Å². The van der Waals surface area contributed by atoms with Crippen molar-refractivity contribution in [2.75, 3.05) is 18.5 Å². The number of nitrogens with zero attached hydrogens (tertiary/aromatic N) is 1. The number of rotatable bonds is 5. The van der Waals surface area contributed by atoms with E-state index in [1.165, 1.54) is 12.1 Å². The maximum Gasteiger partial charge on any atom is 0.336 e. The minimum Gasteiger partial charge on any atom is -0.478 e. The van der Waals surface area contributed by atoms with Crippen molar-refractivity contribution in [2.45, 2.75) is 19.8 Å². The normalized spacial score (nSPS) is 10.4. The van der Waals surface area contributed by atoms with E-state index in [1.807, 2.05) is 0 Å². The molecule has 0 fully saturated rings. The second kappa shape index (κ2) is 6.00. The number of carboxylic acids is 1. The summed E-state index contributed by atoms with van der Waals surface area (Å²) in [4.78, 5) is 12.6. The molecule has 0 aromatic heterocycles. The lowest BCUT2D eigenvalue weighted by Gasteiger charge is -2.20. The monoisotopic (exact) mass is 303 g/mol. The zero-order valence-corrected chi connectivity index (χ0v) is 11.4. The highest BCUT2D eigenvalue weighted by atomic mass is 79.9. The van der Waals surface area contributed by atoms with Crippen LogP contribution in [0.25, 0.3) is 0 Å². The Labute approximate surface area is 108 Å². The number of carbonyl (C=O) groups is 1. The molecule has 0 bridgehead atoms. The van der Waals surface area contributed by atoms with E-state index in [1.54, 1.807) is 11.9 Å². The molecule has 0 aliphatic carbocycles. The van der Waals surface area contributed by atoms with Gasteiger partial charge in [-0.15, -0.1) is 0 Å². The fourth-order valence-corrected chi connectivity index (χ4v) is 2.02. The maximum absolute atomic E-state index is 13.9. The number of hydrogen-bond donors (Lipinski definition) is 1. The predicted octanol–water partition coefficient (Wildman–Crippen LogP) is 3.52. The molecule has 1 aromatic carbocycles. The standard InChI is InChI=1S/C12H15BrFNO2/c1-3-4-7-15(2)9-6-5-8(12(16)17)10(13)11(9)14/h5-6H,3-4,7H2,1-2H3,(H,16,17). The van der Waals surface area contributed by atoms with Crippen molar-refractivity contribution in [1.29, 1.82) is 0 Å². The summed E-state index contributed by atoms with van der Waals surface area (Å²) in [6.45, 7) is 2.81.